The number of para-hydroxylation sites is 1. The summed E-state index contributed by atoms with van der Waals surface area (Å²) in [5.74, 6) is 1.55. The molecule has 170 valence electrons. The summed E-state index contributed by atoms with van der Waals surface area (Å²) < 4.78 is 22.2. The summed E-state index contributed by atoms with van der Waals surface area (Å²) in [7, 11) is 1.58. The van der Waals surface area contributed by atoms with E-state index in [4.69, 9.17) is 18.6 Å². The first-order valence-electron chi connectivity index (χ1n) is 10.5. The monoisotopic (exact) mass is 440 g/mol. The number of hydrogen-bond donors (Lipinski definition) is 2. The molecule has 1 aromatic heterocycles. The minimum absolute atomic E-state index is 0.177. The zero-order valence-electron chi connectivity index (χ0n) is 18.7. The zero-order chi connectivity index (χ0) is 23.1. The summed E-state index contributed by atoms with van der Waals surface area (Å²) in [5.41, 5.74) is 1.00. The second-order valence-electron chi connectivity index (χ2n) is 7.03. The number of methoxy groups -OCH3 is 1. The number of fused-ring (bicyclic) bond motifs is 1. The molecule has 2 amide bonds. The zero-order valence-corrected chi connectivity index (χ0v) is 18.7. The van der Waals surface area contributed by atoms with Gasteiger partial charge in [0.25, 0.3) is 5.91 Å². The van der Waals surface area contributed by atoms with Crippen molar-refractivity contribution in [3.63, 3.8) is 0 Å². The molecule has 0 aliphatic carbocycles. The third-order valence-corrected chi connectivity index (χ3v) is 4.77. The van der Waals surface area contributed by atoms with E-state index in [9.17, 15) is 9.59 Å². The molecule has 0 saturated heterocycles. The maximum absolute atomic E-state index is 12.5. The Hall–Kier alpha value is -3.68. The van der Waals surface area contributed by atoms with Gasteiger partial charge in [0.1, 0.15) is 5.76 Å². The number of benzene rings is 2. The molecular weight excluding hydrogens is 412 g/mol. The average molecular weight is 440 g/mol. The van der Waals surface area contributed by atoms with E-state index in [0.717, 1.165) is 5.39 Å². The van der Waals surface area contributed by atoms with Gasteiger partial charge >= 0.3 is 0 Å². The van der Waals surface area contributed by atoms with Crippen LogP contribution in [0.4, 0.5) is 0 Å². The van der Waals surface area contributed by atoms with Gasteiger partial charge in [0.2, 0.25) is 5.91 Å². The highest BCUT2D eigenvalue weighted by molar-refractivity contribution is 5.97. The van der Waals surface area contributed by atoms with Crippen molar-refractivity contribution in [1.82, 2.24) is 10.6 Å². The largest absolute Gasteiger partial charge is 0.493 e. The van der Waals surface area contributed by atoms with E-state index in [-0.39, 0.29) is 24.4 Å². The number of hydrogen-bond acceptors (Lipinski definition) is 6. The Bertz CT molecular complexity index is 1090. The van der Waals surface area contributed by atoms with Crippen LogP contribution in [0, 0.1) is 0 Å². The van der Waals surface area contributed by atoms with Gasteiger partial charge in [-0.25, -0.2) is 0 Å². The molecule has 0 fully saturated rings. The molecule has 0 aliphatic rings. The van der Waals surface area contributed by atoms with Crippen LogP contribution in [-0.2, 0) is 4.79 Å². The van der Waals surface area contributed by atoms with Gasteiger partial charge in [0, 0.05) is 10.9 Å². The lowest BCUT2D eigenvalue weighted by atomic mass is 10.2. The predicted molar refractivity (Wildman–Crippen MR) is 120 cm³/mol. The number of carbonyl (C=O) groups excluding carboxylic acids is 2. The fourth-order valence-corrected chi connectivity index (χ4v) is 3.25. The highest BCUT2D eigenvalue weighted by Crippen LogP contribution is 2.31. The van der Waals surface area contributed by atoms with Gasteiger partial charge in [-0.15, -0.1) is 0 Å². The molecule has 0 radical (unpaired) electrons. The second kappa shape index (κ2) is 10.6. The maximum atomic E-state index is 12.5. The second-order valence-corrected chi connectivity index (χ2v) is 7.03. The summed E-state index contributed by atoms with van der Waals surface area (Å²) in [5, 5.41) is 6.33. The molecule has 0 bridgehead atoms. The fraction of sp³-hybridized carbons (Fsp3) is 0.333. The molecule has 2 N–H and O–H groups in total. The summed E-state index contributed by atoms with van der Waals surface area (Å²) in [6, 6.07) is 12.0. The fourth-order valence-electron chi connectivity index (χ4n) is 3.25. The lowest BCUT2D eigenvalue weighted by molar-refractivity contribution is -0.120. The topological polar surface area (TPSA) is 99.0 Å². The third kappa shape index (κ3) is 5.32. The Balaban J connectivity index is 1.59. The van der Waals surface area contributed by atoms with Crippen molar-refractivity contribution in [2.24, 2.45) is 0 Å². The number of ether oxygens (including phenoxy) is 3. The molecule has 0 saturated carbocycles. The van der Waals surface area contributed by atoms with Crippen molar-refractivity contribution in [1.29, 1.82) is 0 Å². The smallest absolute Gasteiger partial charge is 0.251 e. The predicted octanol–water partition coefficient (Wildman–Crippen LogP) is 3.85. The Morgan fingerprint density at radius 1 is 1.00 bits per heavy atom. The van der Waals surface area contributed by atoms with E-state index in [1.807, 2.05) is 45.0 Å². The molecule has 1 unspecified atom stereocenters. The minimum Gasteiger partial charge on any atom is -0.493 e. The van der Waals surface area contributed by atoms with Crippen molar-refractivity contribution in [3.05, 3.63) is 53.8 Å². The molecule has 1 atom stereocenters. The van der Waals surface area contributed by atoms with Crippen molar-refractivity contribution in [2.75, 3.05) is 26.9 Å². The normalized spacial score (nSPS) is 11.6. The van der Waals surface area contributed by atoms with Crippen LogP contribution in [0.25, 0.3) is 11.0 Å². The van der Waals surface area contributed by atoms with Crippen LogP contribution >= 0.6 is 0 Å². The van der Waals surface area contributed by atoms with Gasteiger partial charge in [0.05, 0.1) is 32.9 Å². The first-order valence-corrected chi connectivity index (χ1v) is 10.5. The molecule has 8 nitrogen and oxygen atoms in total. The molecule has 32 heavy (non-hydrogen) atoms. The summed E-state index contributed by atoms with van der Waals surface area (Å²) in [6.07, 6.45) is 0. The van der Waals surface area contributed by atoms with E-state index in [1.54, 1.807) is 25.3 Å². The van der Waals surface area contributed by atoms with Crippen LogP contribution in [0.2, 0.25) is 0 Å². The van der Waals surface area contributed by atoms with Crippen molar-refractivity contribution >= 4 is 22.8 Å². The molecule has 1 heterocycles. The van der Waals surface area contributed by atoms with Crippen LogP contribution in [-0.4, -0.2) is 38.7 Å². The molecule has 3 aromatic rings. The molecule has 0 spiro atoms. The van der Waals surface area contributed by atoms with Gasteiger partial charge in [-0.3, -0.25) is 9.59 Å². The standard InChI is InChI=1S/C24H28N2O6/c1-5-30-18-11-10-17(13-21(18)31-6-2)24(28)25-14-22(27)26-15(3)20-12-16-8-7-9-19(29-4)23(16)32-20/h7-13,15H,5-6,14H2,1-4H3,(H,25,28)(H,26,27). The van der Waals surface area contributed by atoms with E-state index < -0.39 is 0 Å². The molecule has 0 aliphatic heterocycles. The first-order chi connectivity index (χ1) is 15.5. The van der Waals surface area contributed by atoms with Gasteiger partial charge in [-0.05, 0) is 51.1 Å². The van der Waals surface area contributed by atoms with Crippen LogP contribution in [0.15, 0.2) is 46.9 Å². The van der Waals surface area contributed by atoms with Crippen LogP contribution in [0.1, 0.15) is 42.9 Å². The van der Waals surface area contributed by atoms with E-state index in [1.165, 1.54) is 0 Å². The van der Waals surface area contributed by atoms with Crippen LogP contribution in [0.5, 0.6) is 17.2 Å². The van der Waals surface area contributed by atoms with Crippen molar-refractivity contribution < 1.29 is 28.2 Å². The lowest BCUT2D eigenvalue weighted by Gasteiger charge is -2.13. The maximum Gasteiger partial charge on any atom is 0.251 e. The van der Waals surface area contributed by atoms with Crippen molar-refractivity contribution in [2.45, 2.75) is 26.8 Å². The van der Waals surface area contributed by atoms with Gasteiger partial charge in [-0.2, -0.15) is 0 Å². The Kier molecular flexibility index (Phi) is 7.59. The number of amides is 2. The third-order valence-electron chi connectivity index (χ3n) is 4.77. The Morgan fingerprint density at radius 3 is 2.47 bits per heavy atom. The summed E-state index contributed by atoms with van der Waals surface area (Å²) >= 11 is 0. The van der Waals surface area contributed by atoms with Gasteiger partial charge in [0.15, 0.2) is 22.8 Å². The van der Waals surface area contributed by atoms with Crippen LogP contribution in [0.3, 0.4) is 0 Å². The van der Waals surface area contributed by atoms with Crippen LogP contribution < -0.4 is 24.8 Å². The van der Waals surface area contributed by atoms with Gasteiger partial charge in [-0.1, -0.05) is 12.1 Å². The average Bonchev–Trinajstić information content (AvgIpc) is 3.23. The first kappa shape index (κ1) is 23.0. The molecule has 3 rings (SSSR count). The number of nitrogens with one attached hydrogen (secondary N) is 2. The van der Waals surface area contributed by atoms with E-state index in [0.29, 0.717) is 47.4 Å². The van der Waals surface area contributed by atoms with Crippen molar-refractivity contribution in [3.8, 4) is 17.2 Å². The highest BCUT2D eigenvalue weighted by atomic mass is 16.5. The molecular formula is C24H28N2O6. The minimum atomic E-state index is -0.384. The SMILES string of the molecule is CCOc1ccc(C(=O)NCC(=O)NC(C)c2cc3cccc(OC)c3o2)cc1OCC. The molecule has 8 heteroatoms. The number of carbonyl (C=O) groups is 2. The molecule has 2 aromatic carbocycles. The summed E-state index contributed by atoms with van der Waals surface area (Å²) in [4.78, 5) is 24.9. The quantitative estimate of drug-likeness (QED) is 0.497. The number of rotatable bonds is 10. The van der Waals surface area contributed by atoms with E-state index in [2.05, 4.69) is 10.6 Å². The Labute approximate surface area is 186 Å². The summed E-state index contributed by atoms with van der Waals surface area (Å²) in [6.45, 7) is 6.29. The number of furan rings is 1. The highest BCUT2D eigenvalue weighted by Gasteiger charge is 2.17. The van der Waals surface area contributed by atoms with Gasteiger partial charge < -0.3 is 29.3 Å². The van der Waals surface area contributed by atoms with E-state index >= 15 is 0 Å². The lowest BCUT2D eigenvalue weighted by Crippen LogP contribution is -2.37. The Morgan fingerprint density at radius 2 is 1.75 bits per heavy atom.